The molecule has 7 heteroatoms. The summed E-state index contributed by atoms with van der Waals surface area (Å²) >= 11 is 0. The third-order valence-electron chi connectivity index (χ3n) is 4.01. The van der Waals surface area contributed by atoms with Crippen LogP contribution in [0.15, 0.2) is 24.3 Å². The molecule has 1 aliphatic heterocycles. The molecule has 0 amide bonds. The minimum Gasteiger partial charge on any atom is -0.478 e. The van der Waals surface area contributed by atoms with Gasteiger partial charge in [-0.15, -0.1) is 0 Å². The van der Waals surface area contributed by atoms with Crippen molar-refractivity contribution in [1.82, 2.24) is 9.62 Å². The van der Waals surface area contributed by atoms with Crippen LogP contribution in [0.25, 0.3) is 0 Å². The van der Waals surface area contributed by atoms with Crippen LogP contribution < -0.4 is 4.72 Å². The molecule has 0 aromatic heterocycles. The minimum absolute atomic E-state index is 0.0252. The van der Waals surface area contributed by atoms with Gasteiger partial charge < -0.3 is 5.11 Å². The number of carboxylic acids is 1. The summed E-state index contributed by atoms with van der Waals surface area (Å²) in [5, 5.41) is 8.89. The van der Waals surface area contributed by atoms with Crippen LogP contribution in [0.1, 0.15) is 42.1 Å². The molecular formula is C16H24N2O4S. The van der Waals surface area contributed by atoms with Crippen LogP contribution in [-0.4, -0.2) is 49.3 Å². The molecule has 1 aliphatic rings. The lowest BCUT2D eigenvalue weighted by Crippen LogP contribution is -2.44. The standard InChI is InChI=1S/C16H24N2O4S/c1-2-11-23(21,22)17-15-7-9-18(10-8-15)12-13-3-5-14(6-4-13)16(19)20/h3-6,15,17H,2,7-12H2,1H3,(H,19,20). The predicted octanol–water partition coefficient (Wildman–Crippen LogP) is 1.68. The number of benzene rings is 1. The number of aromatic carboxylic acids is 1. The molecule has 0 atom stereocenters. The summed E-state index contributed by atoms with van der Waals surface area (Å²) in [6, 6.07) is 6.92. The van der Waals surface area contributed by atoms with E-state index in [-0.39, 0.29) is 17.4 Å². The quantitative estimate of drug-likeness (QED) is 0.788. The van der Waals surface area contributed by atoms with E-state index in [1.165, 1.54) is 0 Å². The molecule has 1 aromatic carbocycles. The van der Waals surface area contributed by atoms with Gasteiger partial charge in [-0.25, -0.2) is 17.9 Å². The van der Waals surface area contributed by atoms with Gasteiger partial charge in [0.2, 0.25) is 10.0 Å². The highest BCUT2D eigenvalue weighted by Gasteiger charge is 2.23. The molecule has 1 fully saturated rings. The lowest BCUT2D eigenvalue weighted by atomic mass is 10.0. The maximum absolute atomic E-state index is 11.8. The zero-order valence-corrected chi connectivity index (χ0v) is 14.2. The van der Waals surface area contributed by atoms with Crippen molar-refractivity contribution in [2.75, 3.05) is 18.8 Å². The van der Waals surface area contributed by atoms with Crippen molar-refractivity contribution >= 4 is 16.0 Å². The molecule has 0 aliphatic carbocycles. The number of rotatable bonds is 7. The van der Waals surface area contributed by atoms with E-state index >= 15 is 0 Å². The molecule has 0 spiro atoms. The maximum atomic E-state index is 11.8. The van der Waals surface area contributed by atoms with E-state index in [1.807, 2.05) is 19.1 Å². The maximum Gasteiger partial charge on any atom is 0.335 e. The topological polar surface area (TPSA) is 86.7 Å². The number of nitrogens with zero attached hydrogens (tertiary/aromatic N) is 1. The summed E-state index contributed by atoms with van der Waals surface area (Å²) in [6.45, 7) is 4.28. The molecule has 0 unspecified atom stereocenters. The Morgan fingerprint density at radius 2 is 1.87 bits per heavy atom. The van der Waals surface area contributed by atoms with Crippen molar-refractivity contribution < 1.29 is 18.3 Å². The van der Waals surface area contributed by atoms with Gasteiger partial charge in [0.25, 0.3) is 0 Å². The Hall–Kier alpha value is -1.44. The van der Waals surface area contributed by atoms with Gasteiger partial charge in [0.05, 0.1) is 11.3 Å². The van der Waals surface area contributed by atoms with Crippen molar-refractivity contribution in [3.8, 4) is 0 Å². The van der Waals surface area contributed by atoms with Gasteiger partial charge in [-0.05, 0) is 37.0 Å². The Labute approximate surface area is 137 Å². The van der Waals surface area contributed by atoms with Crippen LogP contribution in [-0.2, 0) is 16.6 Å². The molecule has 1 saturated heterocycles. The smallest absolute Gasteiger partial charge is 0.335 e. The van der Waals surface area contributed by atoms with Crippen LogP contribution in [0.5, 0.6) is 0 Å². The molecule has 23 heavy (non-hydrogen) atoms. The summed E-state index contributed by atoms with van der Waals surface area (Å²) in [4.78, 5) is 13.1. The molecule has 1 aromatic rings. The third kappa shape index (κ3) is 5.60. The summed E-state index contributed by atoms with van der Waals surface area (Å²) in [5.74, 6) is -0.736. The van der Waals surface area contributed by atoms with Crippen molar-refractivity contribution in [1.29, 1.82) is 0 Å². The zero-order chi connectivity index (χ0) is 16.9. The average molecular weight is 340 g/mol. The Bertz CT molecular complexity index is 620. The summed E-state index contributed by atoms with van der Waals surface area (Å²) in [6.07, 6.45) is 2.23. The average Bonchev–Trinajstić information content (AvgIpc) is 2.49. The predicted molar refractivity (Wildman–Crippen MR) is 88.9 cm³/mol. The van der Waals surface area contributed by atoms with Crippen LogP contribution in [0.3, 0.4) is 0 Å². The van der Waals surface area contributed by atoms with Gasteiger partial charge in [0.1, 0.15) is 0 Å². The highest BCUT2D eigenvalue weighted by molar-refractivity contribution is 7.89. The van der Waals surface area contributed by atoms with Gasteiger partial charge >= 0.3 is 5.97 Å². The fraction of sp³-hybridized carbons (Fsp3) is 0.562. The Kier molecular flexibility index (Phi) is 6.15. The highest BCUT2D eigenvalue weighted by Crippen LogP contribution is 2.15. The fourth-order valence-corrected chi connectivity index (χ4v) is 4.20. The van der Waals surface area contributed by atoms with E-state index in [9.17, 15) is 13.2 Å². The third-order valence-corrected chi connectivity index (χ3v) is 5.65. The number of piperidine rings is 1. The monoisotopic (exact) mass is 340 g/mol. The normalized spacial score (nSPS) is 17.3. The van der Waals surface area contributed by atoms with Gasteiger partial charge in [-0.3, -0.25) is 4.90 Å². The summed E-state index contributed by atoms with van der Waals surface area (Å²) in [5.41, 5.74) is 1.36. The molecular weight excluding hydrogens is 316 g/mol. The van der Waals surface area contributed by atoms with E-state index in [0.29, 0.717) is 6.42 Å². The number of sulfonamides is 1. The molecule has 128 valence electrons. The SMILES string of the molecule is CCCS(=O)(=O)NC1CCN(Cc2ccc(C(=O)O)cc2)CC1. The van der Waals surface area contributed by atoms with Gasteiger partial charge in [-0.1, -0.05) is 19.1 Å². The first-order valence-electron chi connectivity index (χ1n) is 7.94. The number of hydrogen-bond donors (Lipinski definition) is 2. The number of hydrogen-bond acceptors (Lipinski definition) is 4. The molecule has 0 saturated carbocycles. The van der Waals surface area contributed by atoms with Crippen molar-refractivity contribution in [2.24, 2.45) is 0 Å². The molecule has 6 nitrogen and oxygen atoms in total. The molecule has 0 radical (unpaired) electrons. The second-order valence-electron chi connectivity index (χ2n) is 5.99. The Morgan fingerprint density at radius 1 is 1.26 bits per heavy atom. The van der Waals surface area contributed by atoms with Crippen LogP contribution in [0.2, 0.25) is 0 Å². The van der Waals surface area contributed by atoms with Gasteiger partial charge in [0.15, 0.2) is 0 Å². The highest BCUT2D eigenvalue weighted by atomic mass is 32.2. The van der Waals surface area contributed by atoms with Crippen LogP contribution in [0, 0.1) is 0 Å². The second kappa shape index (κ2) is 7.90. The Balaban J connectivity index is 1.81. The number of likely N-dealkylation sites (tertiary alicyclic amines) is 1. The van der Waals surface area contributed by atoms with Gasteiger partial charge in [0, 0.05) is 25.7 Å². The van der Waals surface area contributed by atoms with Crippen molar-refractivity contribution in [2.45, 2.75) is 38.8 Å². The number of nitrogens with one attached hydrogen (secondary N) is 1. The van der Waals surface area contributed by atoms with Gasteiger partial charge in [-0.2, -0.15) is 0 Å². The van der Waals surface area contributed by atoms with Crippen LogP contribution in [0.4, 0.5) is 0 Å². The van der Waals surface area contributed by atoms with E-state index in [0.717, 1.165) is 38.0 Å². The molecule has 2 rings (SSSR count). The van der Waals surface area contributed by atoms with Crippen molar-refractivity contribution in [3.05, 3.63) is 35.4 Å². The summed E-state index contributed by atoms with van der Waals surface area (Å²) in [7, 11) is -3.14. The first-order chi connectivity index (χ1) is 10.9. The first kappa shape index (κ1) is 17.9. The van der Waals surface area contributed by atoms with Crippen molar-refractivity contribution in [3.63, 3.8) is 0 Å². The summed E-state index contributed by atoms with van der Waals surface area (Å²) < 4.78 is 26.4. The van der Waals surface area contributed by atoms with E-state index in [1.54, 1.807) is 12.1 Å². The largest absolute Gasteiger partial charge is 0.478 e. The molecule has 0 bridgehead atoms. The number of carbonyl (C=O) groups is 1. The minimum atomic E-state index is -3.14. The molecule has 2 N–H and O–H groups in total. The van der Waals surface area contributed by atoms with E-state index in [4.69, 9.17) is 5.11 Å². The number of carboxylic acid groups (broad SMARTS) is 1. The zero-order valence-electron chi connectivity index (χ0n) is 13.4. The van der Waals surface area contributed by atoms with E-state index in [2.05, 4.69) is 9.62 Å². The van der Waals surface area contributed by atoms with Crippen LogP contribution >= 0.6 is 0 Å². The molecule has 1 heterocycles. The lowest BCUT2D eigenvalue weighted by Gasteiger charge is -2.32. The lowest BCUT2D eigenvalue weighted by molar-refractivity contribution is 0.0697. The first-order valence-corrected chi connectivity index (χ1v) is 9.59. The second-order valence-corrected chi connectivity index (χ2v) is 7.86. The fourth-order valence-electron chi connectivity index (χ4n) is 2.80. The Morgan fingerprint density at radius 3 is 2.39 bits per heavy atom. The van der Waals surface area contributed by atoms with E-state index < -0.39 is 16.0 Å².